The van der Waals surface area contributed by atoms with E-state index < -0.39 is 0 Å². The highest BCUT2D eigenvalue weighted by molar-refractivity contribution is 5.69. The molecule has 2 N–H and O–H groups in total. The average Bonchev–Trinajstić information content (AvgIpc) is 1.94. The molecule has 1 heterocycles. The van der Waals surface area contributed by atoms with Crippen LogP contribution in [0.5, 0.6) is 0 Å². The Hall–Kier alpha value is -0.770. The third-order valence-electron chi connectivity index (χ3n) is 3.44. The molecule has 4 nitrogen and oxygen atoms in total. The lowest BCUT2D eigenvalue weighted by Crippen LogP contribution is -2.57. The first-order valence-corrected chi connectivity index (χ1v) is 6.08. The number of nitrogens with zero attached hydrogens (tertiary/aromatic N) is 1. The highest BCUT2D eigenvalue weighted by Gasteiger charge is 2.42. The molecular formula is C12H22N2O2. The highest BCUT2D eigenvalue weighted by atomic mass is 16.6. The average molecular weight is 226 g/mol. The number of ether oxygens (including phenoxy) is 1. The Morgan fingerprint density at radius 1 is 1.25 bits per heavy atom. The predicted octanol–water partition coefficient (Wildman–Crippen LogP) is 1.59. The lowest BCUT2D eigenvalue weighted by molar-refractivity contribution is -0.0220. The van der Waals surface area contributed by atoms with Gasteiger partial charge in [-0.1, -0.05) is 0 Å². The van der Waals surface area contributed by atoms with Gasteiger partial charge in [0.05, 0.1) is 0 Å². The number of hydrogen-bond donors (Lipinski definition) is 1. The van der Waals surface area contributed by atoms with E-state index in [2.05, 4.69) is 0 Å². The molecule has 2 aliphatic rings. The van der Waals surface area contributed by atoms with E-state index in [4.69, 9.17) is 10.5 Å². The summed E-state index contributed by atoms with van der Waals surface area (Å²) in [5.74, 6) is 1.40. The van der Waals surface area contributed by atoms with Gasteiger partial charge in [-0.05, 0) is 45.4 Å². The molecule has 0 aromatic heterocycles. The molecule has 1 aliphatic heterocycles. The Balaban J connectivity index is 1.70. The van der Waals surface area contributed by atoms with E-state index in [-0.39, 0.29) is 11.7 Å². The summed E-state index contributed by atoms with van der Waals surface area (Å²) in [6, 6.07) is 0.403. The van der Waals surface area contributed by atoms with Crippen molar-refractivity contribution in [1.82, 2.24) is 4.90 Å². The van der Waals surface area contributed by atoms with Gasteiger partial charge in [-0.2, -0.15) is 0 Å². The third-order valence-corrected chi connectivity index (χ3v) is 3.44. The number of hydrogen-bond acceptors (Lipinski definition) is 3. The van der Waals surface area contributed by atoms with Crippen LogP contribution in [-0.4, -0.2) is 35.7 Å². The molecule has 0 spiro atoms. The SMILES string of the molecule is CC(C)(C)OC(=O)N1CC(C2CC(N)C2)C1. The molecule has 1 saturated heterocycles. The number of amides is 1. The molecule has 0 radical (unpaired) electrons. The minimum atomic E-state index is -0.388. The molecule has 0 aromatic carbocycles. The van der Waals surface area contributed by atoms with Gasteiger partial charge < -0.3 is 15.4 Å². The number of likely N-dealkylation sites (tertiary alicyclic amines) is 1. The van der Waals surface area contributed by atoms with Crippen molar-refractivity contribution in [3.63, 3.8) is 0 Å². The van der Waals surface area contributed by atoms with Gasteiger partial charge in [0, 0.05) is 19.1 Å². The Kier molecular flexibility index (Phi) is 2.86. The molecule has 2 fully saturated rings. The fourth-order valence-electron chi connectivity index (χ4n) is 2.38. The predicted molar refractivity (Wildman–Crippen MR) is 62.0 cm³/mol. The normalized spacial score (nSPS) is 30.6. The van der Waals surface area contributed by atoms with Crippen LogP contribution in [0.4, 0.5) is 4.79 Å². The summed E-state index contributed by atoms with van der Waals surface area (Å²) in [6.07, 6.45) is 2.09. The van der Waals surface area contributed by atoms with E-state index in [0.717, 1.165) is 31.8 Å². The summed E-state index contributed by atoms with van der Waals surface area (Å²) in [7, 11) is 0. The molecule has 16 heavy (non-hydrogen) atoms. The third kappa shape index (κ3) is 2.48. The van der Waals surface area contributed by atoms with Crippen molar-refractivity contribution in [3.8, 4) is 0 Å². The molecule has 1 amide bonds. The maximum atomic E-state index is 11.7. The first-order chi connectivity index (χ1) is 7.35. The van der Waals surface area contributed by atoms with Crippen LogP contribution >= 0.6 is 0 Å². The van der Waals surface area contributed by atoms with E-state index in [1.807, 2.05) is 20.8 Å². The molecule has 1 saturated carbocycles. The minimum Gasteiger partial charge on any atom is -0.444 e. The van der Waals surface area contributed by atoms with E-state index >= 15 is 0 Å². The maximum Gasteiger partial charge on any atom is 0.410 e. The second kappa shape index (κ2) is 3.91. The van der Waals surface area contributed by atoms with Crippen LogP contribution in [-0.2, 0) is 4.74 Å². The van der Waals surface area contributed by atoms with Gasteiger partial charge in [-0.3, -0.25) is 0 Å². The van der Waals surface area contributed by atoms with Crippen molar-refractivity contribution in [2.45, 2.75) is 45.3 Å². The van der Waals surface area contributed by atoms with Crippen molar-refractivity contribution < 1.29 is 9.53 Å². The van der Waals surface area contributed by atoms with Crippen LogP contribution in [0.15, 0.2) is 0 Å². The lowest BCUT2D eigenvalue weighted by Gasteiger charge is -2.48. The summed E-state index contributed by atoms with van der Waals surface area (Å²) in [5, 5.41) is 0. The van der Waals surface area contributed by atoms with Crippen LogP contribution < -0.4 is 5.73 Å². The minimum absolute atomic E-state index is 0.174. The molecule has 2 rings (SSSR count). The Labute approximate surface area is 97.1 Å². The van der Waals surface area contributed by atoms with Crippen LogP contribution in [0.2, 0.25) is 0 Å². The summed E-state index contributed by atoms with van der Waals surface area (Å²) in [5.41, 5.74) is 5.37. The molecule has 0 bridgehead atoms. The van der Waals surface area contributed by atoms with Gasteiger partial charge in [-0.15, -0.1) is 0 Å². The second-order valence-corrected chi connectivity index (χ2v) is 6.14. The highest BCUT2D eigenvalue weighted by Crippen LogP contribution is 2.37. The second-order valence-electron chi connectivity index (χ2n) is 6.14. The molecular weight excluding hydrogens is 204 g/mol. The van der Waals surface area contributed by atoms with Gasteiger partial charge in [0.25, 0.3) is 0 Å². The van der Waals surface area contributed by atoms with E-state index in [9.17, 15) is 4.79 Å². The van der Waals surface area contributed by atoms with Crippen LogP contribution in [0, 0.1) is 11.8 Å². The van der Waals surface area contributed by atoms with Gasteiger partial charge >= 0.3 is 6.09 Å². The van der Waals surface area contributed by atoms with Crippen LogP contribution in [0.1, 0.15) is 33.6 Å². The van der Waals surface area contributed by atoms with E-state index in [0.29, 0.717) is 12.0 Å². The van der Waals surface area contributed by atoms with Crippen molar-refractivity contribution in [2.24, 2.45) is 17.6 Å². The largest absolute Gasteiger partial charge is 0.444 e. The standard InChI is InChI=1S/C12H22N2O2/c1-12(2,3)16-11(15)14-6-9(7-14)8-4-10(13)5-8/h8-10H,4-7,13H2,1-3H3. The Morgan fingerprint density at radius 2 is 1.81 bits per heavy atom. The number of carbonyl (C=O) groups excluding carboxylic acids is 1. The zero-order chi connectivity index (χ0) is 11.9. The van der Waals surface area contributed by atoms with Gasteiger partial charge in [0.1, 0.15) is 5.60 Å². The Bertz CT molecular complexity index is 273. The monoisotopic (exact) mass is 226 g/mol. The lowest BCUT2D eigenvalue weighted by atomic mass is 9.70. The van der Waals surface area contributed by atoms with Crippen molar-refractivity contribution >= 4 is 6.09 Å². The van der Waals surface area contributed by atoms with Gasteiger partial charge in [0.15, 0.2) is 0 Å². The summed E-state index contributed by atoms with van der Waals surface area (Å²) in [4.78, 5) is 13.5. The van der Waals surface area contributed by atoms with E-state index in [1.165, 1.54) is 0 Å². The summed E-state index contributed by atoms with van der Waals surface area (Å²) >= 11 is 0. The smallest absolute Gasteiger partial charge is 0.410 e. The fraction of sp³-hybridized carbons (Fsp3) is 0.917. The summed E-state index contributed by atoms with van der Waals surface area (Å²) < 4.78 is 5.30. The van der Waals surface area contributed by atoms with Crippen LogP contribution in [0.3, 0.4) is 0 Å². The maximum absolute atomic E-state index is 11.7. The molecule has 4 heteroatoms. The molecule has 0 unspecified atom stereocenters. The van der Waals surface area contributed by atoms with Gasteiger partial charge in [0.2, 0.25) is 0 Å². The summed E-state index contributed by atoms with van der Waals surface area (Å²) in [6.45, 7) is 7.39. The fourth-order valence-corrected chi connectivity index (χ4v) is 2.38. The van der Waals surface area contributed by atoms with E-state index in [1.54, 1.807) is 4.90 Å². The zero-order valence-electron chi connectivity index (χ0n) is 10.4. The van der Waals surface area contributed by atoms with Crippen molar-refractivity contribution in [2.75, 3.05) is 13.1 Å². The first kappa shape index (κ1) is 11.7. The first-order valence-electron chi connectivity index (χ1n) is 6.08. The molecule has 1 aliphatic carbocycles. The molecule has 92 valence electrons. The quantitative estimate of drug-likeness (QED) is 0.738. The van der Waals surface area contributed by atoms with Crippen molar-refractivity contribution in [1.29, 1.82) is 0 Å². The van der Waals surface area contributed by atoms with Crippen LogP contribution in [0.25, 0.3) is 0 Å². The molecule has 0 aromatic rings. The number of carbonyl (C=O) groups is 1. The van der Waals surface area contributed by atoms with Crippen molar-refractivity contribution in [3.05, 3.63) is 0 Å². The topological polar surface area (TPSA) is 55.6 Å². The zero-order valence-corrected chi connectivity index (χ0v) is 10.4. The Morgan fingerprint density at radius 3 is 2.25 bits per heavy atom. The molecule has 0 atom stereocenters. The van der Waals surface area contributed by atoms with Gasteiger partial charge in [-0.25, -0.2) is 4.79 Å². The number of rotatable bonds is 1. The number of nitrogens with two attached hydrogens (primary N) is 1.